The molecule has 2 heterocycles. The van der Waals surface area contributed by atoms with Crippen molar-refractivity contribution in [3.63, 3.8) is 0 Å². The molecule has 0 saturated carbocycles. The Hall–Kier alpha value is -0.485. The van der Waals surface area contributed by atoms with E-state index in [0.29, 0.717) is 11.0 Å². The number of hydrogen-bond acceptors (Lipinski definition) is 4. The summed E-state index contributed by atoms with van der Waals surface area (Å²) in [5.74, 6) is 0.0806. The third-order valence-corrected chi connectivity index (χ3v) is 3.69. The van der Waals surface area contributed by atoms with Crippen molar-refractivity contribution in [1.82, 2.24) is 0 Å². The van der Waals surface area contributed by atoms with Crippen LogP contribution in [0, 0.1) is 0 Å². The monoisotopic (exact) mass is 257 g/mol. The van der Waals surface area contributed by atoms with Crippen molar-refractivity contribution in [2.24, 2.45) is 5.73 Å². The first-order chi connectivity index (χ1) is 7.73. The fraction of sp³-hybridized carbons (Fsp3) is 0.636. The Bertz CT molecular complexity index is 403. The van der Waals surface area contributed by atoms with E-state index in [-0.39, 0.29) is 0 Å². The first-order valence-electron chi connectivity index (χ1n) is 5.59. The van der Waals surface area contributed by atoms with E-state index in [1.54, 1.807) is 12.1 Å². The highest BCUT2D eigenvalue weighted by Gasteiger charge is 2.53. The fourth-order valence-corrected chi connectivity index (χ4v) is 1.83. The van der Waals surface area contributed by atoms with Gasteiger partial charge in [-0.05, 0) is 51.4 Å². The topological polar surface area (TPSA) is 57.6 Å². The maximum atomic E-state index is 6.05. The molecule has 1 fully saturated rings. The first-order valence-corrected chi connectivity index (χ1v) is 5.97. The van der Waals surface area contributed by atoms with Crippen LogP contribution in [0.4, 0.5) is 0 Å². The molecule has 0 radical (unpaired) electrons. The number of rotatable bonds is 2. The van der Waals surface area contributed by atoms with E-state index < -0.39 is 24.3 Å². The van der Waals surface area contributed by atoms with Crippen molar-refractivity contribution in [2.75, 3.05) is 0 Å². The van der Waals surface area contributed by atoms with Gasteiger partial charge in [0.15, 0.2) is 5.22 Å². The standard InChI is InChI=1S/C11H17BClNO3/c1-10(2)11(3,4)17-12(16-10)9(14)7-5-6-8(13)15-7/h5-6,9H,14H2,1-4H3. The van der Waals surface area contributed by atoms with Gasteiger partial charge in [0.2, 0.25) is 0 Å². The van der Waals surface area contributed by atoms with Crippen molar-refractivity contribution in [3.8, 4) is 0 Å². The van der Waals surface area contributed by atoms with Crippen LogP contribution in [0.5, 0.6) is 0 Å². The van der Waals surface area contributed by atoms with Gasteiger partial charge >= 0.3 is 7.12 Å². The molecule has 0 amide bonds. The van der Waals surface area contributed by atoms with Gasteiger partial charge in [0, 0.05) is 0 Å². The minimum absolute atomic E-state index is 0.312. The molecule has 0 spiro atoms. The molecule has 2 rings (SSSR count). The van der Waals surface area contributed by atoms with Gasteiger partial charge in [0.1, 0.15) is 5.76 Å². The molecule has 0 bridgehead atoms. The molecule has 0 aromatic carbocycles. The number of nitrogens with two attached hydrogens (primary N) is 1. The Morgan fingerprint density at radius 3 is 2.12 bits per heavy atom. The van der Waals surface area contributed by atoms with Crippen LogP contribution in [0.2, 0.25) is 5.22 Å². The van der Waals surface area contributed by atoms with E-state index in [1.807, 2.05) is 27.7 Å². The first kappa shape index (κ1) is 13.0. The van der Waals surface area contributed by atoms with Gasteiger partial charge in [-0.2, -0.15) is 0 Å². The summed E-state index contributed by atoms with van der Waals surface area (Å²) in [6, 6.07) is 3.39. The predicted molar refractivity (Wildman–Crippen MR) is 66.7 cm³/mol. The van der Waals surface area contributed by atoms with Crippen LogP contribution in [0.15, 0.2) is 16.5 Å². The maximum Gasteiger partial charge on any atom is 0.483 e. The molecule has 1 aromatic heterocycles. The van der Waals surface area contributed by atoms with Gasteiger partial charge in [0.05, 0.1) is 17.1 Å². The molecule has 6 heteroatoms. The highest BCUT2D eigenvalue weighted by molar-refractivity contribution is 6.47. The van der Waals surface area contributed by atoms with E-state index in [9.17, 15) is 0 Å². The molecule has 1 unspecified atom stereocenters. The molecule has 17 heavy (non-hydrogen) atoms. The summed E-state index contributed by atoms with van der Waals surface area (Å²) in [6.45, 7) is 7.92. The molecule has 1 aliphatic heterocycles. The van der Waals surface area contributed by atoms with Crippen molar-refractivity contribution in [2.45, 2.75) is 44.8 Å². The fourth-order valence-electron chi connectivity index (χ4n) is 1.68. The van der Waals surface area contributed by atoms with Crippen LogP contribution in [-0.2, 0) is 9.31 Å². The van der Waals surface area contributed by atoms with E-state index in [4.69, 9.17) is 31.1 Å². The Balaban J connectivity index is 2.16. The van der Waals surface area contributed by atoms with Crippen LogP contribution in [0.1, 0.15) is 39.4 Å². The average Bonchev–Trinajstić information content (AvgIpc) is 2.69. The Morgan fingerprint density at radius 1 is 1.18 bits per heavy atom. The van der Waals surface area contributed by atoms with Crippen LogP contribution in [0.25, 0.3) is 0 Å². The van der Waals surface area contributed by atoms with Gasteiger partial charge in [-0.3, -0.25) is 0 Å². The Kier molecular flexibility index (Phi) is 3.06. The predicted octanol–water partition coefficient (Wildman–Crippen LogP) is 2.56. The van der Waals surface area contributed by atoms with Gasteiger partial charge in [0.25, 0.3) is 0 Å². The Morgan fingerprint density at radius 2 is 1.71 bits per heavy atom. The van der Waals surface area contributed by atoms with Gasteiger partial charge in [-0.25, -0.2) is 0 Å². The third kappa shape index (κ3) is 2.25. The highest BCUT2D eigenvalue weighted by atomic mass is 35.5. The lowest BCUT2D eigenvalue weighted by atomic mass is 9.77. The van der Waals surface area contributed by atoms with Gasteiger partial charge < -0.3 is 19.5 Å². The summed E-state index contributed by atoms with van der Waals surface area (Å²) in [5, 5.41) is 0.312. The van der Waals surface area contributed by atoms with Crippen LogP contribution in [-0.4, -0.2) is 18.3 Å². The molecule has 1 saturated heterocycles. The summed E-state index contributed by atoms with van der Waals surface area (Å²) in [5.41, 5.74) is 5.26. The van der Waals surface area contributed by atoms with Crippen molar-refractivity contribution in [1.29, 1.82) is 0 Å². The smallest absolute Gasteiger partial charge is 0.449 e. The average molecular weight is 258 g/mol. The SMILES string of the molecule is CC1(C)OB(C(N)c2ccc(Cl)o2)OC1(C)C. The molecule has 1 atom stereocenters. The Labute approximate surface area is 107 Å². The van der Waals surface area contributed by atoms with Crippen molar-refractivity contribution >= 4 is 18.7 Å². The normalized spacial score (nSPS) is 24.0. The molecule has 1 aromatic rings. The van der Waals surface area contributed by atoms with E-state index in [1.165, 1.54) is 0 Å². The molecule has 2 N–H and O–H groups in total. The largest absolute Gasteiger partial charge is 0.483 e. The zero-order valence-corrected chi connectivity index (χ0v) is 11.2. The minimum Gasteiger partial charge on any atom is -0.449 e. The minimum atomic E-state index is -0.526. The quantitative estimate of drug-likeness (QED) is 0.827. The summed E-state index contributed by atoms with van der Waals surface area (Å²) in [4.78, 5) is 0. The molecule has 4 nitrogen and oxygen atoms in total. The third-order valence-electron chi connectivity index (χ3n) is 3.49. The van der Waals surface area contributed by atoms with Gasteiger partial charge in [-0.1, -0.05) is 0 Å². The zero-order valence-electron chi connectivity index (χ0n) is 10.5. The van der Waals surface area contributed by atoms with Gasteiger partial charge in [-0.15, -0.1) is 0 Å². The maximum absolute atomic E-state index is 6.05. The van der Waals surface area contributed by atoms with Crippen LogP contribution in [0.3, 0.4) is 0 Å². The second-order valence-corrected chi connectivity index (χ2v) is 5.66. The molecule has 94 valence electrons. The second kappa shape index (κ2) is 4.02. The van der Waals surface area contributed by atoms with E-state index in [0.717, 1.165) is 0 Å². The zero-order chi connectivity index (χ0) is 12.8. The molecular weight excluding hydrogens is 240 g/mol. The lowest BCUT2D eigenvalue weighted by molar-refractivity contribution is 0.00578. The van der Waals surface area contributed by atoms with Crippen molar-refractivity contribution in [3.05, 3.63) is 23.1 Å². The summed E-state index contributed by atoms with van der Waals surface area (Å²) >= 11 is 5.72. The molecule has 1 aliphatic rings. The summed E-state index contributed by atoms with van der Waals surface area (Å²) in [6.07, 6.45) is 0. The lowest BCUT2D eigenvalue weighted by Gasteiger charge is -2.32. The second-order valence-electron chi connectivity index (χ2n) is 5.29. The molecule has 0 aliphatic carbocycles. The van der Waals surface area contributed by atoms with Crippen molar-refractivity contribution < 1.29 is 13.7 Å². The summed E-state index contributed by atoms with van der Waals surface area (Å²) in [7, 11) is -0.526. The number of hydrogen-bond donors (Lipinski definition) is 1. The number of furan rings is 1. The lowest BCUT2D eigenvalue weighted by Crippen LogP contribution is -2.41. The molecular formula is C11H17BClNO3. The highest BCUT2D eigenvalue weighted by Crippen LogP contribution is 2.39. The van der Waals surface area contributed by atoms with Crippen LogP contribution >= 0.6 is 11.6 Å². The summed E-state index contributed by atoms with van der Waals surface area (Å²) < 4.78 is 17.0. The van der Waals surface area contributed by atoms with Crippen LogP contribution < -0.4 is 5.73 Å². The number of halogens is 1. The van der Waals surface area contributed by atoms with E-state index in [2.05, 4.69) is 0 Å². The van der Waals surface area contributed by atoms with E-state index >= 15 is 0 Å².